The number of hydrogen-bond donors (Lipinski definition) is 24. The number of aliphatic hydroxyl groups is 2. The molecule has 2 aromatic carbocycles. The maximum atomic E-state index is 14.3. The summed E-state index contributed by atoms with van der Waals surface area (Å²) >= 11 is 0. The van der Waals surface area contributed by atoms with Crippen molar-refractivity contribution in [2.24, 2.45) is 17.4 Å². The van der Waals surface area contributed by atoms with Gasteiger partial charge in [-0.1, -0.05) is 69.3 Å². The predicted octanol–water partition coefficient (Wildman–Crippen LogP) is -4.09. The van der Waals surface area contributed by atoms with E-state index in [1.54, 1.807) is 50.4 Å². The Bertz CT molecular complexity index is 4880. The molecule has 26 N–H and O–H groups in total. The van der Waals surface area contributed by atoms with Gasteiger partial charge in [-0.05, 0) is 201 Å². The molecule has 1 heterocycles. The molecule has 0 unspecified atom stereocenters. The molecule has 0 saturated heterocycles. The molecule has 135 heavy (non-hydrogen) atoms. The second kappa shape index (κ2) is 48.1. The number of nitrogens with two attached hydrogens (primary N) is 2. The molecule has 0 aliphatic rings. The average molecular weight is 1900 g/mol. The number of carbonyl (C=O) groups excluding carboxylic acids is 21. The third kappa shape index (κ3) is 35.6. The monoisotopic (exact) mass is 1900 g/mol. The van der Waals surface area contributed by atoms with Crippen molar-refractivity contribution in [3.05, 3.63) is 71.9 Å². The quantitative estimate of drug-likeness (QED) is 0.0255. The summed E-state index contributed by atoms with van der Waals surface area (Å²) in [7, 11) is 0. The Morgan fingerprint density at radius 2 is 0.733 bits per heavy atom. The maximum absolute atomic E-state index is 14.3. The summed E-state index contributed by atoms with van der Waals surface area (Å²) in [5.41, 5.74) is -5.02. The topological polar surface area (TPSA) is 695 Å². The van der Waals surface area contributed by atoms with Gasteiger partial charge in [0.05, 0.1) is 25.8 Å². The normalized spacial score (nSPS) is 14.3. The van der Waals surface area contributed by atoms with E-state index in [4.69, 9.17) is 11.5 Å². The lowest BCUT2D eigenvalue weighted by Crippen LogP contribution is -2.69. The highest BCUT2D eigenvalue weighted by molar-refractivity contribution is 6.05. The summed E-state index contributed by atoms with van der Waals surface area (Å²) in [6.45, 7) is 30.9. The summed E-state index contributed by atoms with van der Waals surface area (Å²) in [6, 6.07) is 5.34. The SMILES string of the molecule is CC[C@@](C)(NC(=O)C(C)(C)NC(=O)[C@H](CO)NC(=O)C(C)(C)NC(=O)[C@H](Cc1ccccc1)NC(C)=O)C(=O)N[C@@H](CC(C)C)C(=O)N[C@@H](CCC(N)=O)C(=O)NCC(=O)NC(C)(C)C(=O)NC(C)(C)C(=O)N[C@@H](C)C(=O)N[C@@H](C)C(=O)NC(C)(C)C(=O)NC(C)(C)C(=O)NC(C)(C)C(=O)NC(C)(C)C(=O)NC(C)(C)C(=O)N[C@@H](CCC(N)=O)C(=O)N[C@H](CO)Cc1c[nH]c2ccccc12. The van der Waals surface area contributed by atoms with Crippen molar-refractivity contribution in [2.45, 2.75) is 328 Å². The number of fused-ring (bicyclic) bond motifs is 1. The van der Waals surface area contributed by atoms with Crippen LogP contribution in [0.25, 0.3) is 10.9 Å². The lowest BCUT2D eigenvalue weighted by molar-refractivity contribution is -0.142. The number of rotatable bonds is 52. The van der Waals surface area contributed by atoms with Crippen LogP contribution in [0.2, 0.25) is 0 Å². The number of para-hydroxylation sites is 1. The second-order valence-electron chi connectivity index (χ2n) is 39.1. The van der Waals surface area contributed by atoms with E-state index in [1.807, 2.05) is 24.3 Å². The standard InChI is InChI=1S/C90H142N22O23/c1-26-90(25,112-79(134)86(17,18)106-70(125)60(46-114)102-72(127)81(7,8)105-69(124)59(97-50(6)115)41-51-32-28-27-29-33-51)80(135)101-58(40-47(2)3)68(123)99-56(36-38-61(91)116)66(121)94-44-63(118)103-84(13,14)74(129)107-82(9,10)71(126)96-48(4)64(119)95-49(5)65(120)104-85(15,16)75(130)109-88(21,22)77(132)111-89(23,24)78(133)110-87(19,20)76(131)108-83(11,12)73(128)100-57(37-39-62(92)117)67(122)98-53(45-113)42-52-43-93-55-35-31-30-34-54(52)55/h27-35,43,47-49,53,56-60,93,113-114H,26,36-42,44-46H2,1-25H3,(H2,91,116)(H2,92,117)(H,94,121)(H,95,119)(H,96,126)(H,97,115)(H,98,122)(H,99,123)(H,100,128)(H,101,135)(H,102,127)(H,103,118)(H,104,120)(H,105,124)(H,106,125)(H,107,129)(H,108,131)(H,109,130)(H,110,133)(H,111,132)(H,112,134)/t48-,49-,53-,56-,57-,58-,59-,60-,90+/m0/s1. The first-order valence-corrected chi connectivity index (χ1v) is 44.1. The van der Waals surface area contributed by atoms with Crippen molar-refractivity contribution in [3.8, 4) is 0 Å². The van der Waals surface area contributed by atoms with Gasteiger partial charge in [0.1, 0.15) is 97.7 Å². The number of aromatic amines is 1. The summed E-state index contributed by atoms with van der Waals surface area (Å²) < 4.78 is 0. The van der Waals surface area contributed by atoms with Crippen LogP contribution in [0.1, 0.15) is 223 Å². The smallest absolute Gasteiger partial charge is 0.246 e. The molecular weight excluding hydrogens is 1760 g/mol. The van der Waals surface area contributed by atoms with Crippen LogP contribution < -0.4 is 112 Å². The highest BCUT2D eigenvalue weighted by Crippen LogP contribution is 2.23. The van der Waals surface area contributed by atoms with Crippen molar-refractivity contribution in [2.75, 3.05) is 19.8 Å². The van der Waals surface area contributed by atoms with Gasteiger partial charge >= 0.3 is 0 Å². The highest BCUT2D eigenvalue weighted by atomic mass is 16.3. The fraction of sp³-hybridized carbons (Fsp3) is 0.611. The van der Waals surface area contributed by atoms with Gasteiger partial charge < -0.3 is 128 Å². The predicted molar refractivity (Wildman–Crippen MR) is 495 cm³/mol. The zero-order valence-corrected chi connectivity index (χ0v) is 81.9. The molecule has 0 radical (unpaired) electrons. The zero-order valence-electron chi connectivity index (χ0n) is 81.9. The minimum atomic E-state index is -1.88. The number of benzene rings is 2. The van der Waals surface area contributed by atoms with Crippen LogP contribution in [-0.4, -0.2) is 263 Å². The number of H-pyrrole nitrogens is 1. The van der Waals surface area contributed by atoms with Crippen LogP contribution in [0, 0.1) is 5.92 Å². The number of hydrogen-bond acceptors (Lipinski definition) is 23. The van der Waals surface area contributed by atoms with Crippen molar-refractivity contribution < 1.29 is 111 Å². The molecule has 45 heteroatoms. The first kappa shape index (κ1) is 116. The van der Waals surface area contributed by atoms with Crippen LogP contribution in [0.5, 0.6) is 0 Å². The number of aromatic nitrogens is 1. The number of amides is 21. The molecule has 3 rings (SSSR count). The van der Waals surface area contributed by atoms with E-state index in [0.717, 1.165) is 16.5 Å². The van der Waals surface area contributed by atoms with Gasteiger partial charge in [-0.3, -0.25) is 101 Å². The minimum absolute atomic E-state index is 0.0669. The maximum Gasteiger partial charge on any atom is 0.246 e. The molecule has 1 aromatic heterocycles. The van der Waals surface area contributed by atoms with Crippen molar-refractivity contribution >= 4 is 135 Å². The van der Waals surface area contributed by atoms with Gasteiger partial charge in [-0.15, -0.1) is 0 Å². The third-order valence-corrected chi connectivity index (χ3v) is 21.9. The van der Waals surface area contributed by atoms with Crippen molar-refractivity contribution in [1.82, 2.24) is 106 Å². The van der Waals surface area contributed by atoms with E-state index in [2.05, 4.69) is 106 Å². The fourth-order valence-electron chi connectivity index (χ4n) is 12.8. The molecule has 0 bridgehead atoms. The van der Waals surface area contributed by atoms with Gasteiger partial charge in [0, 0.05) is 43.3 Å². The first-order chi connectivity index (χ1) is 61.8. The van der Waals surface area contributed by atoms with Gasteiger partial charge in [-0.25, -0.2) is 0 Å². The van der Waals surface area contributed by atoms with Crippen LogP contribution in [0.15, 0.2) is 60.8 Å². The molecule has 21 amide bonds. The van der Waals surface area contributed by atoms with E-state index in [0.29, 0.717) is 5.56 Å². The number of primary amides is 2. The Kier molecular flexibility index (Phi) is 41.3. The Morgan fingerprint density at radius 3 is 1.18 bits per heavy atom. The molecule has 0 fully saturated rings. The summed E-state index contributed by atoms with van der Waals surface area (Å²) in [6.07, 6.45) is 0.362. The van der Waals surface area contributed by atoms with Crippen LogP contribution >= 0.6 is 0 Å². The molecule has 3 aromatic rings. The summed E-state index contributed by atoms with van der Waals surface area (Å²) in [5, 5.41) is 69.1. The molecular formula is C90H142N22O23. The van der Waals surface area contributed by atoms with Crippen LogP contribution in [-0.2, 0) is 114 Å². The van der Waals surface area contributed by atoms with E-state index in [1.165, 1.54) is 159 Å². The molecule has 0 aliphatic heterocycles. The van der Waals surface area contributed by atoms with Gasteiger partial charge in [-0.2, -0.15) is 0 Å². The fourth-order valence-corrected chi connectivity index (χ4v) is 12.8. The van der Waals surface area contributed by atoms with Crippen molar-refractivity contribution in [3.63, 3.8) is 0 Å². The summed E-state index contributed by atoms with van der Waals surface area (Å²) in [5.74, 6) is -19.0. The van der Waals surface area contributed by atoms with E-state index < -0.39 is 260 Å². The molecule has 9 atom stereocenters. The molecule has 750 valence electrons. The number of carbonyl (C=O) groups is 21. The van der Waals surface area contributed by atoms with E-state index in [-0.39, 0.29) is 44.4 Å². The average Bonchev–Trinajstić information content (AvgIpc) is 1.03. The molecule has 0 saturated carbocycles. The lowest BCUT2D eigenvalue weighted by atomic mass is 9.93. The highest BCUT2D eigenvalue weighted by Gasteiger charge is 2.48. The molecule has 0 spiro atoms. The third-order valence-electron chi connectivity index (χ3n) is 21.9. The molecule has 0 aliphatic carbocycles. The Morgan fingerprint density at radius 1 is 0.356 bits per heavy atom. The number of aliphatic hydroxyl groups excluding tert-OH is 2. The van der Waals surface area contributed by atoms with Gasteiger partial charge in [0.15, 0.2) is 0 Å². The minimum Gasteiger partial charge on any atom is -0.394 e. The lowest BCUT2D eigenvalue weighted by Gasteiger charge is -2.37. The van der Waals surface area contributed by atoms with Crippen LogP contribution in [0.3, 0.4) is 0 Å². The second-order valence-corrected chi connectivity index (χ2v) is 39.1. The first-order valence-electron chi connectivity index (χ1n) is 44.1. The Hall–Kier alpha value is -13.2. The van der Waals surface area contributed by atoms with Gasteiger partial charge in [0.2, 0.25) is 124 Å². The van der Waals surface area contributed by atoms with E-state index in [9.17, 15) is 111 Å². The van der Waals surface area contributed by atoms with Gasteiger partial charge in [0.25, 0.3) is 0 Å². The Labute approximate surface area is 785 Å². The van der Waals surface area contributed by atoms with E-state index >= 15 is 0 Å². The van der Waals surface area contributed by atoms with Crippen LogP contribution in [0.4, 0.5) is 0 Å². The zero-order chi connectivity index (χ0) is 104. The Balaban J connectivity index is 1.59. The molecule has 45 nitrogen and oxygen atoms in total. The number of nitrogens with one attached hydrogen (secondary N) is 20. The van der Waals surface area contributed by atoms with Crippen molar-refractivity contribution in [1.29, 1.82) is 0 Å². The largest absolute Gasteiger partial charge is 0.394 e. The summed E-state index contributed by atoms with van der Waals surface area (Å²) in [4.78, 5) is 288.